The maximum absolute atomic E-state index is 12.2. The van der Waals surface area contributed by atoms with Crippen molar-refractivity contribution in [1.82, 2.24) is 9.88 Å². The number of carbonyl (C=O) groups is 1. The summed E-state index contributed by atoms with van der Waals surface area (Å²) in [4.78, 5) is 12.2. The van der Waals surface area contributed by atoms with Crippen LogP contribution < -0.4 is 5.32 Å². The van der Waals surface area contributed by atoms with Gasteiger partial charge in [-0.25, -0.2) is 0 Å². The zero-order chi connectivity index (χ0) is 14.7. The van der Waals surface area contributed by atoms with Crippen molar-refractivity contribution in [3.8, 4) is 0 Å². The smallest absolute Gasteiger partial charge is 0.253 e. The fourth-order valence-electron chi connectivity index (χ4n) is 2.38. The summed E-state index contributed by atoms with van der Waals surface area (Å²) in [6.45, 7) is 7.07. The van der Waals surface area contributed by atoms with Gasteiger partial charge in [0.15, 0.2) is 0 Å². The minimum atomic E-state index is -0.653. The van der Waals surface area contributed by atoms with E-state index in [0.717, 1.165) is 23.5 Å². The lowest BCUT2D eigenvalue weighted by Crippen LogP contribution is -2.28. The van der Waals surface area contributed by atoms with Crippen molar-refractivity contribution in [3.63, 3.8) is 0 Å². The highest BCUT2D eigenvalue weighted by Crippen LogP contribution is 2.17. The summed E-state index contributed by atoms with van der Waals surface area (Å²) in [5.41, 5.74) is 3.57. The topological polar surface area (TPSA) is 54.3 Å². The number of aryl methyl sites for hydroxylation is 1. The van der Waals surface area contributed by atoms with E-state index in [1.165, 1.54) is 11.3 Å². The van der Waals surface area contributed by atoms with Gasteiger partial charge in [0.05, 0.1) is 11.7 Å². The molecule has 1 atom stereocenters. The Morgan fingerprint density at radius 3 is 2.80 bits per heavy atom. The second kappa shape index (κ2) is 6.24. The minimum absolute atomic E-state index is 0.132. The van der Waals surface area contributed by atoms with Crippen molar-refractivity contribution in [1.29, 1.82) is 0 Å². The van der Waals surface area contributed by atoms with E-state index in [-0.39, 0.29) is 12.5 Å². The van der Waals surface area contributed by atoms with Crippen molar-refractivity contribution in [2.45, 2.75) is 33.4 Å². The number of thiophene rings is 1. The Hall–Kier alpha value is -1.59. The summed E-state index contributed by atoms with van der Waals surface area (Å²) in [5.74, 6) is -0.132. The average Bonchev–Trinajstić information content (AvgIpc) is 3.04. The fourth-order valence-corrected chi connectivity index (χ4v) is 3.09. The van der Waals surface area contributed by atoms with Gasteiger partial charge in [-0.15, -0.1) is 0 Å². The molecule has 2 aromatic rings. The molecule has 1 amide bonds. The molecule has 4 nitrogen and oxygen atoms in total. The molecule has 1 unspecified atom stereocenters. The van der Waals surface area contributed by atoms with Crippen molar-refractivity contribution in [2.24, 2.45) is 0 Å². The van der Waals surface area contributed by atoms with Crippen LogP contribution in [0.1, 0.15) is 40.3 Å². The molecule has 0 fully saturated rings. The van der Waals surface area contributed by atoms with Crippen LogP contribution in [0.3, 0.4) is 0 Å². The molecule has 0 bridgehead atoms. The van der Waals surface area contributed by atoms with Crippen LogP contribution in [0.25, 0.3) is 0 Å². The quantitative estimate of drug-likeness (QED) is 0.890. The second-order valence-electron chi connectivity index (χ2n) is 4.81. The maximum atomic E-state index is 12.2. The summed E-state index contributed by atoms with van der Waals surface area (Å²) in [7, 11) is 0. The lowest BCUT2D eigenvalue weighted by molar-refractivity contribution is 0.0916. The monoisotopic (exact) mass is 292 g/mol. The molecular formula is C15H20N2O2S. The third kappa shape index (κ3) is 2.94. The first-order valence-electron chi connectivity index (χ1n) is 6.69. The van der Waals surface area contributed by atoms with Crippen LogP contribution >= 0.6 is 11.3 Å². The van der Waals surface area contributed by atoms with Gasteiger partial charge in [0.1, 0.15) is 0 Å². The van der Waals surface area contributed by atoms with E-state index >= 15 is 0 Å². The average molecular weight is 292 g/mol. The number of rotatable bonds is 5. The summed E-state index contributed by atoms with van der Waals surface area (Å²) in [6, 6.07) is 3.76. The highest BCUT2D eigenvalue weighted by atomic mass is 32.1. The number of aliphatic hydroxyl groups excluding tert-OH is 1. The fraction of sp³-hybridized carbons (Fsp3) is 0.400. The van der Waals surface area contributed by atoms with Gasteiger partial charge in [-0.05, 0) is 49.2 Å². The zero-order valence-corrected chi connectivity index (χ0v) is 12.8. The second-order valence-corrected chi connectivity index (χ2v) is 5.59. The van der Waals surface area contributed by atoms with E-state index in [2.05, 4.69) is 16.8 Å². The lowest BCUT2D eigenvalue weighted by Gasteiger charge is -2.11. The number of hydrogen-bond donors (Lipinski definition) is 2. The van der Waals surface area contributed by atoms with Crippen LogP contribution in [0.5, 0.6) is 0 Å². The van der Waals surface area contributed by atoms with E-state index in [4.69, 9.17) is 0 Å². The van der Waals surface area contributed by atoms with Crippen LogP contribution in [-0.2, 0) is 6.54 Å². The number of nitrogens with one attached hydrogen (secondary N) is 1. The van der Waals surface area contributed by atoms with Crippen LogP contribution in [0.15, 0.2) is 22.9 Å². The predicted octanol–water partition coefficient (Wildman–Crippen LogP) is 2.65. The molecule has 0 aromatic carbocycles. The first kappa shape index (κ1) is 14.8. The number of nitrogens with zero attached hydrogens (tertiary/aromatic N) is 1. The van der Waals surface area contributed by atoms with Gasteiger partial charge >= 0.3 is 0 Å². The standard InChI is InChI=1S/C15H20N2O2S/c1-4-17-10(2)7-13(11(17)3)15(19)16-8-14(18)12-5-6-20-9-12/h5-7,9,14,18H,4,8H2,1-3H3,(H,16,19). The largest absolute Gasteiger partial charge is 0.387 e. The Bertz CT molecular complexity index is 587. The first-order chi connectivity index (χ1) is 9.54. The first-order valence-corrected chi connectivity index (χ1v) is 7.64. The van der Waals surface area contributed by atoms with Crippen LogP contribution in [-0.4, -0.2) is 22.1 Å². The molecule has 2 N–H and O–H groups in total. The molecule has 108 valence electrons. The Labute approximate surface area is 123 Å². The molecule has 0 spiro atoms. The van der Waals surface area contributed by atoms with Gasteiger partial charge in [0.2, 0.25) is 0 Å². The number of amides is 1. The normalized spacial score (nSPS) is 12.4. The van der Waals surface area contributed by atoms with E-state index < -0.39 is 6.10 Å². The van der Waals surface area contributed by atoms with Crippen LogP contribution in [0.2, 0.25) is 0 Å². The van der Waals surface area contributed by atoms with Crippen molar-refractivity contribution >= 4 is 17.2 Å². The molecule has 0 saturated carbocycles. The van der Waals surface area contributed by atoms with Crippen LogP contribution in [0, 0.1) is 13.8 Å². The molecule has 0 aliphatic rings. The van der Waals surface area contributed by atoms with Crippen molar-refractivity contribution in [3.05, 3.63) is 45.4 Å². The Morgan fingerprint density at radius 1 is 1.50 bits per heavy atom. The van der Waals surface area contributed by atoms with Gasteiger partial charge < -0.3 is 15.0 Å². The molecule has 0 aliphatic carbocycles. The predicted molar refractivity (Wildman–Crippen MR) is 81.2 cm³/mol. The molecule has 0 radical (unpaired) electrons. The van der Waals surface area contributed by atoms with E-state index in [9.17, 15) is 9.90 Å². The van der Waals surface area contributed by atoms with Gasteiger partial charge in [-0.3, -0.25) is 4.79 Å². The van der Waals surface area contributed by atoms with E-state index in [1.807, 2.05) is 36.7 Å². The van der Waals surface area contributed by atoms with E-state index in [1.54, 1.807) is 0 Å². The Morgan fingerprint density at radius 2 is 2.25 bits per heavy atom. The molecule has 2 aromatic heterocycles. The number of carbonyl (C=O) groups excluding carboxylic acids is 1. The molecule has 0 saturated heterocycles. The molecule has 2 rings (SSSR count). The molecule has 2 heterocycles. The van der Waals surface area contributed by atoms with Gasteiger partial charge in [0, 0.05) is 24.5 Å². The zero-order valence-electron chi connectivity index (χ0n) is 12.0. The maximum Gasteiger partial charge on any atom is 0.253 e. The Kier molecular flexibility index (Phi) is 4.62. The highest BCUT2D eigenvalue weighted by molar-refractivity contribution is 7.07. The highest BCUT2D eigenvalue weighted by Gasteiger charge is 2.16. The van der Waals surface area contributed by atoms with Gasteiger partial charge in [-0.2, -0.15) is 11.3 Å². The number of hydrogen-bond acceptors (Lipinski definition) is 3. The van der Waals surface area contributed by atoms with Crippen LogP contribution in [0.4, 0.5) is 0 Å². The third-order valence-corrected chi connectivity index (χ3v) is 4.22. The third-order valence-electron chi connectivity index (χ3n) is 3.52. The summed E-state index contributed by atoms with van der Waals surface area (Å²) in [6.07, 6.45) is -0.653. The SMILES string of the molecule is CCn1c(C)cc(C(=O)NCC(O)c2ccsc2)c1C. The van der Waals surface area contributed by atoms with E-state index in [0.29, 0.717) is 5.56 Å². The molecule has 0 aliphatic heterocycles. The number of aromatic nitrogens is 1. The van der Waals surface area contributed by atoms with Gasteiger partial charge in [0.25, 0.3) is 5.91 Å². The van der Waals surface area contributed by atoms with Crippen molar-refractivity contribution < 1.29 is 9.90 Å². The van der Waals surface area contributed by atoms with Gasteiger partial charge in [-0.1, -0.05) is 0 Å². The lowest BCUT2D eigenvalue weighted by atomic mass is 10.2. The summed E-state index contributed by atoms with van der Waals surface area (Å²) >= 11 is 1.53. The molecular weight excluding hydrogens is 272 g/mol. The molecule has 5 heteroatoms. The Balaban J connectivity index is 2.02. The van der Waals surface area contributed by atoms with Crippen molar-refractivity contribution in [2.75, 3.05) is 6.54 Å². The molecule has 20 heavy (non-hydrogen) atoms. The summed E-state index contributed by atoms with van der Waals surface area (Å²) < 4.78 is 2.10. The summed E-state index contributed by atoms with van der Waals surface area (Å²) in [5, 5.41) is 16.6. The minimum Gasteiger partial charge on any atom is -0.387 e. The number of aliphatic hydroxyl groups is 1.